The summed E-state index contributed by atoms with van der Waals surface area (Å²) in [4.78, 5) is 0. The highest BCUT2D eigenvalue weighted by atomic mass is 19.1. The molecule has 1 rings (SSSR count). The third-order valence-electron chi connectivity index (χ3n) is 1.99. The van der Waals surface area contributed by atoms with Crippen LogP contribution in [0.3, 0.4) is 0 Å². The molecule has 1 aromatic rings. The summed E-state index contributed by atoms with van der Waals surface area (Å²) >= 11 is 0. The van der Waals surface area contributed by atoms with Gasteiger partial charge in [-0.25, -0.2) is 0 Å². The predicted molar refractivity (Wildman–Crippen MR) is 50.1 cm³/mol. The molecule has 0 aliphatic rings. The van der Waals surface area contributed by atoms with Gasteiger partial charge in [-0.1, -0.05) is 24.3 Å². The van der Waals surface area contributed by atoms with E-state index in [0.717, 1.165) is 11.1 Å². The molecule has 72 valence electrons. The van der Waals surface area contributed by atoms with Gasteiger partial charge in [-0.05, 0) is 11.1 Å². The smallest absolute Gasteiger partial charge is 0.0934 e. The van der Waals surface area contributed by atoms with E-state index in [1.807, 2.05) is 24.3 Å². The normalized spacial score (nSPS) is 12.8. The van der Waals surface area contributed by atoms with Crippen molar-refractivity contribution in [3.05, 3.63) is 35.4 Å². The first kappa shape index (κ1) is 10.2. The van der Waals surface area contributed by atoms with Gasteiger partial charge in [0, 0.05) is 6.42 Å². The van der Waals surface area contributed by atoms with Crippen molar-refractivity contribution in [3.63, 3.8) is 0 Å². The summed E-state index contributed by atoms with van der Waals surface area (Å²) in [5.41, 5.74) is 7.43. The van der Waals surface area contributed by atoms with Gasteiger partial charge in [0.2, 0.25) is 0 Å². The standard InChI is InChI=1S/C10H14FNO/c11-6-5-8-1-3-9(4-2-8)10(12)7-13/h1-4,10,13H,5-7,12H2. The molecular weight excluding hydrogens is 169 g/mol. The lowest BCUT2D eigenvalue weighted by atomic mass is 10.1. The zero-order valence-electron chi connectivity index (χ0n) is 7.41. The van der Waals surface area contributed by atoms with E-state index < -0.39 is 0 Å². The fourth-order valence-corrected chi connectivity index (χ4v) is 1.15. The Kier molecular flexibility index (Phi) is 3.86. The molecule has 0 heterocycles. The molecule has 0 radical (unpaired) electrons. The molecule has 0 fully saturated rings. The van der Waals surface area contributed by atoms with Crippen LogP contribution in [0, 0.1) is 0 Å². The van der Waals surface area contributed by atoms with Crippen LogP contribution in [0.5, 0.6) is 0 Å². The summed E-state index contributed by atoms with van der Waals surface area (Å²) < 4.78 is 11.9. The summed E-state index contributed by atoms with van der Waals surface area (Å²) in [6.07, 6.45) is 0.439. The number of benzene rings is 1. The van der Waals surface area contributed by atoms with E-state index in [0.29, 0.717) is 6.42 Å². The van der Waals surface area contributed by atoms with Crippen molar-refractivity contribution in [3.8, 4) is 0 Å². The number of hydrogen-bond donors (Lipinski definition) is 2. The number of aliphatic hydroxyl groups is 1. The molecule has 0 aliphatic carbocycles. The Morgan fingerprint density at radius 2 is 1.92 bits per heavy atom. The zero-order valence-corrected chi connectivity index (χ0v) is 7.41. The minimum Gasteiger partial charge on any atom is -0.394 e. The molecule has 0 amide bonds. The average Bonchev–Trinajstić information content (AvgIpc) is 2.18. The lowest BCUT2D eigenvalue weighted by Crippen LogP contribution is -2.14. The summed E-state index contributed by atoms with van der Waals surface area (Å²) in [5.74, 6) is 0. The van der Waals surface area contributed by atoms with Crippen LogP contribution in [0.1, 0.15) is 17.2 Å². The topological polar surface area (TPSA) is 46.2 Å². The second kappa shape index (κ2) is 4.94. The monoisotopic (exact) mass is 183 g/mol. The van der Waals surface area contributed by atoms with Crippen molar-refractivity contribution in [1.82, 2.24) is 0 Å². The summed E-state index contributed by atoms with van der Waals surface area (Å²) in [7, 11) is 0. The minimum absolute atomic E-state index is 0.0670. The van der Waals surface area contributed by atoms with Crippen LogP contribution in [0.25, 0.3) is 0 Å². The van der Waals surface area contributed by atoms with E-state index in [1.165, 1.54) is 0 Å². The second-order valence-electron chi connectivity index (χ2n) is 2.97. The van der Waals surface area contributed by atoms with Gasteiger partial charge in [-0.15, -0.1) is 0 Å². The van der Waals surface area contributed by atoms with Crippen LogP contribution in [-0.2, 0) is 6.42 Å². The molecule has 3 heteroatoms. The first-order valence-electron chi connectivity index (χ1n) is 4.29. The van der Waals surface area contributed by atoms with E-state index >= 15 is 0 Å². The molecule has 2 nitrogen and oxygen atoms in total. The molecular formula is C10H14FNO. The van der Waals surface area contributed by atoms with Crippen molar-refractivity contribution in [2.45, 2.75) is 12.5 Å². The highest BCUT2D eigenvalue weighted by Gasteiger charge is 2.02. The van der Waals surface area contributed by atoms with Crippen LogP contribution in [0.2, 0.25) is 0 Å². The van der Waals surface area contributed by atoms with Gasteiger partial charge >= 0.3 is 0 Å². The first-order valence-corrected chi connectivity index (χ1v) is 4.29. The van der Waals surface area contributed by atoms with Crippen LogP contribution < -0.4 is 5.73 Å². The highest BCUT2D eigenvalue weighted by Crippen LogP contribution is 2.11. The zero-order chi connectivity index (χ0) is 9.68. The van der Waals surface area contributed by atoms with Crippen molar-refractivity contribution in [2.24, 2.45) is 5.73 Å². The van der Waals surface area contributed by atoms with Gasteiger partial charge in [0.25, 0.3) is 0 Å². The van der Waals surface area contributed by atoms with Gasteiger partial charge in [0.05, 0.1) is 19.3 Å². The van der Waals surface area contributed by atoms with E-state index in [2.05, 4.69) is 0 Å². The molecule has 1 unspecified atom stereocenters. The summed E-state index contributed by atoms with van der Waals surface area (Å²) in [6.45, 7) is -0.409. The van der Waals surface area contributed by atoms with Crippen LogP contribution >= 0.6 is 0 Å². The maximum Gasteiger partial charge on any atom is 0.0934 e. The Bertz CT molecular complexity index is 248. The largest absolute Gasteiger partial charge is 0.394 e. The fraction of sp³-hybridized carbons (Fsp3) is 0.400. The Balaban J connectivity index is 2.69. The van der Waals surface area contributed by atoms with E-state index in [-0.39, 0.29) is 19.3 Å². The van der Waals surface area contributed by atoms with Gasteiger partial charge in [0.1, 0.15) is 0 Å². The van der Waals surface area contributed by atoms with Gasteiger partial charge in [0.15, 0.2) is 0 Å². The molecule has 0 aromatic heterocycles. The van der Waals surface area contributed by atoms with Crippen molar-refractivity contribution in [1.29, 1.82) is 0 Å². The lowest BCUT2D eigenvalue weighted by molar-refractivity contribution is 0.268. The van der Waals surface area contributed by atoms with Crippen molar-refractivity contribution < 1.29 is 9.50 Å². The Morgan fingerprint density at radius 1 is 1.31 bits per heavy atom. The number of nitrogens with two attached hydrogens (primary N) is 1. The number of aryl methyl sites for hydroxylation is 1. The van der Waals surface area contributed by atoms with E-state index in [4.69, 9.17) is 10.8 Å². The highest BCUT2D eigenvalue weighted by molar-refractivity contribution is 5.24. The van der Waals surface area contributed by atoms with Gasteiger partial charge in [-0.2, -0.15) is 0 Å². The maximum atomic E-state index is 11.9. The van der Waals surface area contributed by atoms with Crippen LogP contribution in [-0.4, -0.2) is 18.4 Å². The van der Waals surface area contributed by atoms with Crippen molar-refractivity contribution >= 4 is 0 Å². The number of alkyl halides is 1. The third kappa shape index (κ3) is 2.79. The fourth-order valence-electron chi connectivity index (χ4n) is 1.15. The molecule has 1 aromatic carbocycles. The number of aliphatic hydroxyl groups excluding tert-OH is 1. The SMILES string of the molecule is NC(CO)c1ccc(CCF)cc1. The summed E-state index contributed by atoms with van der Waals surface area (Å²) in [5, 5.41) is 8.78. The minimum atomic E-state index is -0.342. The molecule has 13 heavy (non-hydrogen) atoms. The van der Waals surface area contributed by atoms with E-state index in [1.54, 1.807) is 0 Å². The van der Waals surface area contributed by atoms with Crippen molar-refractivity contribution in [2.75, 3.05) is 13.3 Å². The third-order valence-corrected chi connectivity index (χ3v) is 1.99. The Morgan fingerprint density at radius 3 is 2.38 bits per heavy atom. The van der Waals surface area contributed by atoms with Crippen LogP contribution in [0.15, 0.2) is 24.3 Å². The average molecular weight is 183 g/mol. The lowest BCUT2D eigenvalue weighted by Gasteiger charge is -2.08. The van der Waals surface area contributed by atoms with E-state index in [9.17, 15) is 4.39 Å². The van der Waals surface area contributed by atoms with Crippen LogP contribution in [0.4, 0.5) is 4.39 Å². The summed E-state index contributed by atoms with van der Waals surface area (Å²) in [6, 6.07) is 6.99. The molecule has 0 saturated carbocycles. The molecule has 0 bridgehead atoms. The molecule has 1 atom stereocenters. The Hall–Kier alpha value is -0.930. The molecule has 0 saturated heterocycles. The molecule has 3 N–H and O–H groups in total. The quantitative estimate of drug-likeness (QED) is 0.736. The number of rotatable bonds is 4. The second-order valence-corrected chi connectivity index (χ2v) is 2.97. The predicted octanol–water partition coefficient (Wildman–Crippen LogP) is 1.19. The molecule has 0 spiro atoms. The van der Waals surface area contributed by atoms with Gasteiger partial charge < -0.3 is 10.8 Å². The molecule has 0 aliphatic heterocycles. The number of halogens is 1. The maximum absolute atomic E-state index is 11.9. The first-order chi connectivity index (χ1) is 6.27. The Labute approximate surface area is 77.2 Å². The van der Waals surface area contributed by atoms with Gasteiger partial charge in [-0.3, -0.25) is 4.39 Å². The number of hydrogen-bond acceptors (Lipinski definition) is 2.